The average molecular weight is 510 g/mol. The molecule has 4 rings (SSSR count). The first-order valence-electron chi connectivity index (χ1n) is 8.11. The average Bonchev–Trinajstić information content (AvgIpc) is 3.20. The molecule has 29 heavy (non-hydrogen) atoms. The third kappa shape index (κ3) is 5.53. The number of carboxylic acids is 1. The Balaban J connectivity index is 0.000000272. The van der Waals surface area contributed by atoms with E-state index in [1.165, 1.54) is 13.3 Å². The maximum atomic E-state index is 11.2. The third-order valence-corrected chi connectivity index (χ3v) is 3.83. The van der Waals surface area contributed by atoms with E-state index in [9.17, 15) is 9.59 Å². The molecule has 0 aliphatic rings. The highest BCUT2D eigenvalue weighted by Gasteiger charge is 2.06. The molecule has 0 aliphatic heterocycles. The van der Waals surface area contributed by atoms with Crippen molar-refractivity contribution >= 4 is 46.9 Å². The Kier molecular flexibility index (Phi) is 8.31. The molecule has 1 N–H and O–H groups in total. The van der Waals surface area contributed by atoms with Crippen LogP contribution in [0.3, 0.4) is 0 Å². The predicted octanol–water partition coefficient (Wildman–Crippen LogP) is 4.02. The largest absolute Gasteiger partial charge is 0.478 e. The van der Waals surface area contributed by atoms with Gasteiger partial charge in [-0.15, -0.1) is 24.0 Å². The first-order valence-corrected chi connectivity index (χ1v) is 8.11. The van der Waals surface area contributed by atoms with Crippen molar-refractivity contribution in [2.24, 2.45) is 0 Å². The molecule has 0 radical (unpaired) electrons. The number of rotatable bonds is 2. The number of carboxylic acid groups (broad SMARTS) is 1. The summed E-state index contributed by atoms with van der Waals surface area (Å²) in [7, 11) is 1.36. The lowest BCUT2D eigenvalue weighted by atomic mass is 10.2. The van der Waals surface area contributed by atoms with Gasteiger partial charge in [-0.2, -0.15) is 10.2 Å². The van der Waals surface area contributed by atoms with E-state index in [0.29, 0.717) is 5.56 Å². The first-order chi connectivity index (χ1) is 12.9. The number of aromatic nitrogens is 4. The van der Waals surface area contributed by atoms with E-state index in [-0.39, 0.29) is 42.9 Å². The van der Waals surface area contributed by atoms with Gasteiger partial charge in [-0.1, -0.05) is 7.43 Å². The van der Waals surface area contributed by atoms with Gasteiger partial charge in [0.1, 0.15) is 0 Å². The Labute approximate surface area is 185 Å². The summed E-state index contributed by atoms with van der Waals surface area (Å²) in [4.78, 5) is 21.8. The number of hydrogen-bond acceptors (Lipinski definition) is 5. The minimum absolute atomic E-state index is 0. The van der Waals surface area contributed by atoms with Gasteiger partial charge in [-0.25, -0.2) is 18.6 Å². The van der Waals surface area contributed by atoms with E-state index in [4.69, 9.17) is 5.11 Å². The number of carbonyl (C=O) groups is 2. The molecule has 0 amide bonds. The number of aromatic carboxylic acids is 1. The summed E-state index contributed by atoms with van der Waals surface area (Å²) >= 11 is 0. The predicted molar refractivity (Wildman–Crippen MR) is 120 cm³/mol. The molecule has 0 saturated carbocycles. The number of esters is 1. The molecule has 154 valence electrons. The normalized spacial score (nSPS) is 9.76. The van der Waals surface area contributed by atoms with E-state index >= 15 is 0 Å². The van der Waals surface area contributed by atoms with E-state index in [1.807, 2.05) is 32.0 Å². The summed E-state index contributed by atoms with van der Waals surface area (Å²) in [5.41, 5.74) is 4.42. The van der Waals surface area contributed by atoms with Crippen LogP contribution in [0.4, 0.5) is 0 Å². The standard InChI is InChI=1S/C10H10N2O2.C9H8N2O2.CH4.HI/c1-7-5-9-4-3-8(10(13)14-2)6-12(9)11-7;1-6-4-8-3-2-7(9(12)13)5-11(8)10-6;;/h3-6H,1-2H3;2-5H,1H3,(H,12,13);1H4;1H. The van der Waals surface area contributed by atoms with Gasteiger partial charge >= 0.3 is 11.9 Å². The van der Waals surface area contributed by atoms with Crippen molar-refractivity contribution in [3.8, 4) is 0 Å². The second-order valence-electron chi connectivity index (χ2n) is 5.94. The summed E-state index contributed by atoms with van der Waals surface area (Å²) in [5, 5.41) is 17.0. The Morgan fingerprint density at radius 2 is 1.34 bits per heavy atom. The number of carbonyl (C=O) groups excluding carboxylic acids is 1. The molecular weight excluding hydrogens is 487 g/mol. The van der Waals surface area contributed by atoms with Gasteiger partial charge < -0.3 is 9.84 Å². The minimum atomic E-state index is -0.935. The molecule has 0 aromatic carbocycles. The smallest absolute Gasteiger partial charge is 0.339 e. The number of nitrogens with zero attached hydrogens (tertiary/aromatic N) is 4. The fourth-order valence-electron chi connectivity index (χ4n) is 2.59. The summed E-state index contributed by atoms with van der Waals surface area (Å²) < 4.78 is 7.85. The van der Waals surface area contributed by atoms with Crippen molar-refractivity contribution in [1.82, 2.24) is 19.2 Å². The molecule has 0 aliphatic carbocycles. The van der Waals surface area contributed by atoms with Crippen LogP contribution >= 0.6 is 24.0 Å². The lowest BCUT2D eigenvalue weighted by Crippen LogP contribution is -2.02. The number of ether oxygens (including phenoxy) is 1. The fourth-order valence-corrected chi connectivity index (χ4v) is 2.59. The van der Waals surface area contributed by atoms with E-state index in [2.05, 4.69) is 14.9 Å². The molecule has 0 fully saturated rings. The molecule has 0 saturated heterocycles. The van der Waals surface area contributed by atoms with Crippen molar-refractivity contribution in [3.63, 3.8) is 0 Å². The highest BCUT2D eigenvalue weighted by molar-refractivity contribution is 14.0. The van der Waals surface area contributed by atoms with Gasteiger partial charge in [0.05, 0.1) is 40.7 Å². The van der Waals surface area contributed by atoms with Crippen LogP contribution in [-0.4, -0.2) is 43.4 Å². The van der Waals surface area contributed by atoms with Crippen molar-refractivity contribution in [2.75, 3.05) is 7.11 Å². The van der Waals surface area contributed by atoms with Crippen molar-refractivity contribution in [3.05, 3.63) is 71.3 Å². The quantitative estimate of drug-likeness (QED) is 0.323. The van der Waals surface area contributed by atoms with Gasteiger partial charge in [-0.05, 0) is 50.2 Å². The van der Waals surface area contributed by atoms with Crippen LogP contribution < -0.4 is 0 Å². The molecule has 8 nitrogen and oxygen atoms in total. The second kappa shape index (κ2) is 10.0. The minimum Gasteiger partial charge on any atom is -0.478 e. The van der Waals surface area contributed by atoms with Crippen molar-refractivity contribution in [2.45, 2.75) is 21.3 Å². The Bertz CT molecular complexity index is 1150. The molecular formula is C20H23IN4O4. The van der Waals surface area contributed by atoms with Crippen LogP contribution in [0.15, 0.2) is 48.8 Å². The molecule has 0 unspecified atom stereocenters. The van der Waals surface area contributed by atoms with Crippen LogP contribution in [0.2, 0.25) is 0 Å². The second-order valence-corrected chi connectivity index (χ2v) is 5.94. The number of methoxy groups -OCH3 is 1. The van der Waals surface area contributed by atoms with Crippen LogP contribution in [0.25, 0.3) is 11.0 Å². The van der Waals surface area contributed by atoms with E-state index < -0.39 is 5.97 Å². The number of aryl methyl sites for hydroxylation is 2. The number of fused-ring (bicyclic) bond motifs is 2. The summed E-state index contributed by atoms with van der Waals surface area (Å²) in [6.07, 6.45) is 3.17. The summed E-state index contributed by atoms with van der Waals surface area (Å²) in [6, 6.07) is 10.7. The Morgan fingerprint density at radius 1 is 0.897 bits per heavy atom. The van der Waals surface area contributed by atoms with Crippen LogP contribution in [0.1, 0.15) is 39.5 Å². The monoisotopic (exact) mass is 510 g/mol. The Morgan fingerprint density at radius 3 is 1.79 bits per heavy atom. The van der Waals surface area contributed by atoms with Gasteiger partial charge in [0, 0.05) is 12.4 Å². The Hall–Kier alpha value is -2.95. The lowest BCUT2D eigenvalue weighted by Gasteiger charge is -1.99. The maximum Gasteiger partial charge on any atom is 0.339 e. The van der Waals surface area contributed by atoms with Gasteiger partial charge in [0.15, 0.2) is 0 Å². The number of hydrogen-bond donors (Lipinski definition) is 1. The number of halogens is 1. The molecule has 0 bridgehead atoms. The molecule has 9 heteroatoms. The molecule has 0 atom stereocenters. The first kappa shape index (κ1) is 24.1. The van der Waals surface area contributed by atoms with Crippen molar-refractivity contribution < 1.29 is 19.4 Å². The molecule has 4 aromatic heterocycles. The topological polar surface area (TPSA) is 98.2 Å². The van der Waals surface area contributed by atoms with Crippen LogP contribution in [0, 0.1) is 13.8 Å². The SMILES string of the molecule is C.COC(=O)c1ccc2cc(C)nn2c1.Cc1cc2ccc(C(=O)O)cn2n1.I. The van der Waals surface area contributed by atoms with Gasteiger partial charge in [-0.3, -0.25) is 0 Å². The molecule has 4 aromatic rings. The van der Waals surface area contributed by atoms with Crippen LogP contribution in [-0.2, 0) is 4.74 Å². The highest BCUT2D eigenvalue weighted by Crippen LogP contribution is 2.09. The van der Waals surface area contributed by atoms with Crippen molar-refractivity contribution in [1.29, 1.82) is 0 Å². The zero-order chi connectivity index (χ0) is 19.6. The maximum absolute atomic E-state index is 11.2. The number of pyridine rings is 2. The van der Waals surface area contributed by atoms with Gasteiger partial charge in [0.2, 0.25) is 0 Å². The fraction of sp³-hybridized carbons (Fsp3) is 0.200. The van der Waals surface area contributed by atoms with Crippen LogP contribution in [0.5, 0.6) is 0 Å². The third-order valence-electron chi connectivity index (χ3n) is 3.83. The molecule has 0 spiro atoms. The highest BCUT2D eigenvalue weighted by atomic mass is 127. The zero-order valence-corrected chi connectivity index (χ0v) is 17.8. The summed E-state index contributed by atoms with van der Waals surface area (Å²) in [5.74, 6) is -1.28. The van der Waals surface area contributed by atoms with E-state index in [1.54, 1.807) is 33.4 Å². The van der Waals surface area contributed by atoms with Gasteiger partial charge in [0.25, 0.3) is 0 Å². The molecule has 4 heterocycles. The lowest BCUT2D eigenvalue weighted by molar-refractivity contribution is 0.0599. The summed E-state index contributed by atoms with van der Waals surface area (Å²) in [6.45, 7) is 3.78. The zero-order valence-electron chi connectivity index (χ0n) is 15.5. The van der Waals surface area contributed by atoms with E-state index in [0.717, 1.165) is 22.4 Å².